The van der Waals surface area contributed by atoms with Gasteiger partial charge in [-0.05, 0) is 36.7 Å². The maximum absolute atomic E-state index is 4.40. The van der Waals surface area contributed by atoms with Crippen LogP contribution < -0.4 is 5.32 Å². The standard InChI is InChI=1S/C10H14N6/c1-3-8(7-11-5-1)16-14-10(13-15-16)9-4-2-6-12-9/h2,4,6,8,11-12H,1,3,5,7H2/t8-/m0/s1. The topological polar surface area (TPSA) is 71.4 Å². The van der Waals surface area contributed by atoms with E-state index in [4.69, 9.17) is 0 Å². The summed E-state index contributed by atoms with van der Waals surface area (Å²) in [6.07, 6.45) is 4.15. The van der Waals surface area contributed by atoms with Crippen molar-refractivity contribution in [2.75, 3.05) is 13.1 Å². The predicted octanol–water partition coefficient (Wildman–Crippen LogP) is 0.593. The minimum absolute atomic E-state index is 0.338. The number of aromatic amines is 1. The molecule has 1 atom stereocenters. The van der Waals surface area contributed by atoms with Crippen molar-refractivity contribution in [1.29, 1.82) is 0 Å². The summed E-state index contributed by atoms with van der Waals surface area (Å²) in [7, 11) is 0. The lowest BCUT2D eigenvalue weighted by Gasteiger charge is -2.20. The highest BCUT2D eigenvalue weighted by Gasteiger charge is 2.18. The molecule has 2 N–H and O–H groups in total. The molecule has 1 fully saturated rings. The van der Waals surface area contributed by atoms with Crippen molar-refractivity contribution in [2.45, 2.75) is 18.9 Å². The largest absolute Gasteiger partial charge is 0.359 e. The van der Waals surface area contributed by atoms with Gasteiger partial charge in [-0.25, -0.2) is 0 Å². The number of tetrazole rings is 1. The van der Waals surface area contributed by atoms with Gasteiger partial charge in [0.1, 0.15) is 0 Å². The van der Waals surface area contributed by atoms with Crippen molar-refractivity contribution in [2.24, 2.45) is 0 Å². The Kier molecular flexibility index (Phi) is 2.41. The summed E-state index contributed by atoms with van der Waals surface area (Å²) >= 11 is 0. The van der Waals surface area contributed by atoms with Gasteiger partial charge in [0.25, 0.3) is 0 Å². The van der Waals surface area contributed by atoms with E-state index in [0.29, 0.717) is 11.9 Å². The zero-order valence-electron chi connectivity index (χ0n) is 8.93. The van der Waals surface area contributed by atoms with Crippen LogP contribution in [0.2, 0.25) is 0 Å². The molecule has 0 aliphatic carbocycles. The first-order valence-electron chi connectivity index (χ1n) is 5.57. The second kappa shape index (κ2) is 4.05. The lowest BCUT2D eigenvalue weighted by molar-refractivity contribution is 0.313. The fourth-order valence-corrected chi connectivity index (χ4v) is 1.99. The molecule has 0 aromatic carbocycles. The number of H-pyrrole nitrogens is 1. The molecule has 6 nitrogen and oxygen atoms in total. The quantitative estimate of drug-likeness (QED) is 0.774. The fourth-order valence-electron chi connectivity index (χ4n) is 1.99. The van der Waals surface area contributed by atoms with E-state index in [-0.39, 0.29) is 0 Å². The number of rotatable bonds is 2. The second-order valence-corrected chi connectivity index (χ2v) is 4.02. The van der Waals surface area contributed by atoms with E-state index in [9.17, 15) is 0 Å². The number of hydrogen-bond acceptors (Lipinski definition) is 4. The average molecular weight is 218 g/mol. The Morgan fingerprint density at radius 2 is 2.44 bits per heavy atom. The van der Waals surface area contributed by atoms with Crippen molar-refractivity contribution in [3.63, 3.8) is 0 Å². The molecule has 1 aliphatic rings. The highest BCUT2D eigenvalue weighted by molar-refractivity contribution is 5.47. The van der Waals surface area contributed by atoms with Gasteiger partial charge in [0.05, 0.1) is 11.7 Å². The molecule has 1 saturated heterocycles. The monoisotopic (exact) mass is 218 g/mol. The molecule has 0 saturated carbocycles. The van der Waals surface area contributed by atoms with Gasteiger partial charge in [-0.2, -0.15) is 4.80 Å². The Hall–Kier alpha value is -1.69. The molecule has 2 aromatic rings. The normalized spacial score (nSPS) is 21.1. The van der Waals surface area contributed by atoms with Crippen LogP contribution in [-0.2, 0) is 0 Å². The van der Waals surface area contributed by atoms with Gasteiger partial charge < -0.3 is 10.3 Å². The molecule has 3 heterocycles. The molecule has 0 radical (unpaired) electrons. The Balaban J connectivity index is 1.82. The highest BCUT2D eigenvalue weighted by Crippen LogP contribution is 2.16. The molecular weight excluding hydrogens is 204 g/mol. The van der Waals surface area contributed by atoms with Crippen LogP contribution in [0.25, 0.3) is 11.5 Å². The van der Waals surface area contributed by atoms with Gasteiger partial charge in [-0.1, -0.05) is 0 Å². The van der Waals surface area contributed by atoms with E-state index in [2.05, 4.69) is 25.7 Å². The molecule has 0 spiro atoms. The molecular formula is C10H14N6. The molecule has 2 aromatic heterocycles. The third-order valence-electron chi connectivity index (χ3n) is 2.86. The third kappa shape index (κ3) is 1.71. The summed E-state index contributed by atoms with van der Waals surface area (Å²) in [4.78, 5) is 4.80. The molecule has 0 amide bonds. The van der Waals surface area contributed by atoms with Gasteiger partial charge in [0, 0.05) is 12.7 Å². The number of hydrogen-bond donors (Lipinski definition) is 2. The predicted molar refractivity (Wildman–Crippen MR) is 58.7 cm³/mol. The molecule has 16 heavy (non-hydrogen) atoms. The molecule has 3 rings (SSSR count). The van der Waals surface area contributed by atoms with Crippen LogP contribution in [-0.4, -0.2) is 38.3 Å². The van der Waals surface area contributed by atoms with E-state index >= 15 is 0 Å². The maximum Gasteiger partial charge on any atom is 0.221 e. The van der Waals surface area contributed by atoms with Crippen LogP contribution in [0.3, 0.4) is 0 Å². The van der Waals surface area contributed by atoms with Crippen molar-refractivity contribution >= 4 is 0 Å². The molecule has 6 heteroatoms. The van der Waals surface area contributed by atoms with E-state index in [0.717, 1.165) is 25.2 Å². The Labute approximate surface area is 93.0 Å². The zero-order valence-corrected chi connectivity index (χ0v) is 8.93. The van der Waals surface area contributed by atoms with Gasteiger partial charge in [-0.15, -0.1) is 10.2 Å². The van der Waals surface area contributed by atoms with E-state index in [1.807, 2.05) is 18.3 Å². The van der Waals surface area contributed by atoms with Crippen LogP contribution in [0.15, 0.2) is 18.3 Å². The van der Waals surface area contributed by atoms with Gasteiger partial charge in [0.15, 0.2) is 0 Å². The Morgan fingerprint density at radius 3 is 3.19 bits per heavy atom. The van der Waals surface area contributed by atoms with Crippen LogP contribution >= 0.6 is 0 Å². The number of aromatic nitrogens is 5. The minimum atomic E-state index is 0.338. The smallest absolute Gasteiger partial charge is 0.221 e. The first kappa shape index (κ1) is 9.53. The molecule has 0 unspecified atom stereocenters. The Morgan fingerprint density at radius 1 is 1.44 bits per heavy atom. The fraction of sp³-hybridized carbons (Fsp3) is 0.500. The number of nitrogens with one attached hydrogen (secondary N) is 2. The van der Waals surface area contributed by atoms with Gasteiger partial charge in [0.2, 0.25) is 5.82 Å². The molecule has 84 valence electrons. The van der Waals surface area contributed by atoms with E-state index < -0.39 is 0 Å². The zero-order chi connectivity index (χ0) is 10.8. The molecule has 0 bridgehead atoms. The first-order valence-corrected chi connectivity index (χ1v) is 5.57. The highest BCUT2D eigenvalue weighted by atomic mass is 15.6. The summed E-state index contributed by atoms with van der Waals surface area (Å²) in [5, 5.41) is 15.9. The van der Waals surface area contributed by atoms with Crippen LogP contribution in [0, 0.1) is 0 Å². The van der Waals surface area contributed by atoms with Gasteiger partial charge in [-0.3, -0.25) is 0 Å². The summed E-state index contributed by atoms with van der Waals surface area (Å²) in [5.74, 6) is 0.663. The van der Waals surface area contributed by atoms with Crippen molar-refractivity contribution < 1.29 is 0 Å². The van der Waals surface area contributed by atoms with Crippen LogP contribution in [0.4, 0.5) is 0 Å². The average Bonchev–Trinajstić information content (AvgIpc) is 3.01. The number of nitrogens with zero attached hydrogens (tertiary/aromatic N) is 4. The lowest BCUT2D eigenvalue weighted by atomic mass is 10.1. The van der Waals surface area contributed by atoms with Gasteiger partial charge >= 0.3 is 0 Å². The van der Waals surface area contributed by atoms with Crippen LogP contribution in [0.1, 0.15) is 18.9 Å². The molecule has 1 aliphatic heterocycles. The number of piperidine rings is 1. The summed E-state index contributed by atoms with van der Waals surface area (Å²) in [6.45, 7) is 2.02. The van der Waals surface area contributed by atoms with E-state index in [1.54, 1.807) is 4.80 Å². The van der Waals surface area contributed by atoms with Crippen molar-refractivity contribution in [3.05, 3.63) is 18.3 Å². The maximum atomic E-state index is 4.40. The second-order valence-electron chi connectivity index (χ2n) is 4.02. The lowest BCUT2D eigenvalue weighted by Crippen LogP contribution is -2.32. The van der Waals surface area contributed by atoms with E-state index in [1.165, 1.54) is 6.42 Å². The summed E-state index contributed by atoms with van der Waals surface area (Å²) in [5.41, 5.74) is 0.912. The SMILES string of the molecule is c1c[nH]c(-c2nnn([C@H]3CCCNC3)n2)c1. The minimum Gasteiger partial charge on any atom is -0.359 e. The van der Waals surface area contributed by atoms with Crippen molar-refractivity contribution in [3.8, 4) is 11.5 Å². The third-order valence-corrected chi connectivity index (χ3v) is 2.86. The Bertz CT molecular complexity index is 440. The summed E-state index contributed by atoms with van der Waals surface area (Å²) in [6, 6.07) is 4.21. The van der Waals surface area contributed by atoms with Crippen molar-refractivity contribution in [1.82, 2.24) is 30.5 Å². The summed E-state index contributed by atoms with van der Waals surface area (Å²) < 4.78 is 0. The first-order chi connectivity index (χ1) is 7.93. The van der Waals surface area contributed by atoms with Crippen LogP contribution in [0.5, 0.6) is 0 Å².